The van der Waals surface area contributed by atoms with Crippen LogP contribution in [0.5, 0.6) is 5.75 Å². The van der Waals surface area contributed by atoms with E-state index >= 15 is 0 Å². The topological polar surface area (TPSA) is 76.9 Å². The van der Waals surface area contributed by atoms with Gasteiger partial charge in [-0.1, -0.05) is 11.6 Å². The highest BCUT2D eigenvalue weighted by atomic mass is 35.5. The monoisotopic (exact) mass is 403 g/mol. The predicted molar refractivity (Wildman–Crippen MR) is 104 cm³/mol. The molecule has 2 N–H and O–H groups in total. The highest BCUT2D eigenvalue weighted by molar-refractivity contribution is 7.71. The van der Waals surface area contributed by atoms with Gasteiger partial charge < -0.3 is 14.6 Å². The molecule has 1 amide bonds. The maximum Gasteiger partial charge on any atom is 0.255 e. The number of carbonyl (C=O) groups excluding carboxylic acids is 1. The second kappa shape index (κ2) is 7.21. The van der Waals surface area contributed by atoms with Crippen molar-refractivity contribution in [2.45, 2.75) is 25.4 Å². The Bertz CT molecular complexity index is 1040. The summed E-state index contributed by atoms with van der Waals surface area (Å²) >= 11 is 11.7. The van der Waals surface area contributed by atoms with E-state index in [1.165, 1.54) is 7.11 Å². The minimum Gasteiger partial charge on any atom is -0.496 e. The van der Waals surface area contributed by atoms with Crippen LogP contribution in [0.3, 0.4) is 0 Å². The van der Waals surface area contributed by atoms with Crippen molar-refractivity contribution in [3.05, 3.63) is 57.8 Å². The fraction of sp³-hybridized carbons (Fsp3) is 0.278. The minimum absolute atomic E-state index is 0.266. The van der Waals surface area contributed by atoms with Gasteiger partial charge in [-0.3, -0.25) is 14.5 Å². The summed E-state index contributed by atoms with van der Waals surface area (Å²) in [5.41, 5.74) is 1.11. The van der Waals surface area contributed by atoms with E-state index in [4.69, 9.17) is 28.6 Å². The highest BCUT2D eigenvalue weighted by Gasteiger charge is 2.27. The van der Waals surface area contributed by atoms with E-state index in [0.29, 0.717) is 33.0 Å². The molecule has 1 aliphatic rings. The van der Waals surface area contributed by atoms with Gasteiger partial charge in [0.05, 0.1) is 29.9 Å². The van der Waals surface area contributed by atoms with Crippen LogP contribution >= 0.6 is 23.8 Å². The van der Waals surface area contributed by atoms with Crippen LogP contribution in [0, 0.1) is 4.77 Å². The number of aromatic amines is 1. The van der Waals surface area contributed by atoms with Crippen LogP contribution in [0.15, 0.2) is 36.7 Å². The van der Waals surface area contributed by atoms with Gasteiger partial charge in [-0.25, -0.2) is 0 Å². The molecule has 140 valence electrons. The lowest BCUT2D eigenvalue weighted by molar-refractivity contribution is 0.0946. The first-order chi connectivity index (χ1) is 13.1. The van der Waals surface area contributed by atoms with E-state index in [1.54, 1.807) is 12.1 Å². The lowest BCUT2D eigenvalue weighted by atomic mass is 10.1. The minimum atomic E-state index is -0.288. The molecule has 0 saturated heterocycles. The van der Waals surface area contributed by atoms with Crippen LogP contribution in [-0.2, 0) is 6.54 Å². The number of carbonyl (C=O) groups is 1. The molecular formula is C18H18ClN5O2S. The predicted octanol–water partition coefficient (Wildman–Crippen LogP) is 3.66. The number of methoxy groups -OCH3 is 1. The number of rotatable bonds is 6. The van der Waals surface area contributed by atoms with Crippen LogP contribution in [-0.4, -0.2) is 32.3 Å². The van der Waals surface area contributed by atoms with Crippen molar-refractivity contribution < 1.29 is 9.53 Å². The van der Waals surface area contributed by atoms with Gasteiger partial charge in [0.25, 0.3) is 5.91 Å². The fourth-order valence-corrected chi connectivity index (χ4v) is 3.57. The van der Waals surface area contributed by atoms with Crippen molar-refractivity contribution >= 4 is 29.7 Å². The molecule has 4 rings (SSSR count). The van der Waals surface area contributed by atoms with Gasteiger partial charge in [-0.05, 0) is 43.3 Å². The zero-order valence-corrected chi connectivity index (χ0v) is 16.2. The number of nitrogens with zero attached hydrogens (tertiary/aromatic N) is 3. The number of hydrogen-bond donors (Lipinski definition) is 2. The summed E-state index contributed by atoms with van der Waals surface area (Å²) in [6.07, 6.45) is 5.92. The molecular weight excluding hydrogens is 386 g/mol. The third-order valence-corrected chi connectivity index (χ3v) is 5.08. The normalized spacial score (nSPS) is 13.6. The molecule has 27 heavy (non-hydrogen) atoms. The summed E-state index contributed by atoms with van der Waals surface area (Å²) in [4.78, 5) is 12.7. The Labute approximate surface area is 165 Å². The van der Waals surface area contributed by atoms with Crippen LogP contribution < -0.4 is 10.1 Å². The third kappa shape index (κ3) is 3.50. The molecule has 0 atom stereocenters. The average Bonchev–Trinajstić information content (AvgIpc) is 3.21. The van der Waals surface area contributed by atoms with Crippen LogP contribution in [0.4, 0.5) is 0 Å². The van der Waals surface area contributed by atoms with Crippen LogP contribution in [0.1, 0.15) is 35.1 Å². The van der Waals surface area contributed by atoms with E-state index in [2.05, 4.69) is 15.5 Å². The van der Waals surface area contributed by atoms with Crippen molar-refractivity contribution in [2.24, 2.45) is 0 Å². The summed E-state index contributed by atoms with van der Waals surface area (Å²) in [7, 11) is 1.53. The van der Waals surface area contributed by atoms with Gasteiger partial charge in [-0.15, -0.1) is 0 Å². The first-order valence-corrected chi connectivity index (χ1v) is 9.32. The summed E-state index contributed by atoms with van der Waals surface area (Å²) in [5.74, 6) is 0.871. The second-order valence-corrected chi connectivity index (χ2v) is 7.12. The van der Waals surface area contributed by atoms with E-state index in [9.17, 15) is 4.79 Å². The molecule has 1 aliphatic carbocycles. The molecule has 1 fully saturated rings. The van der Waals surface area contributed by atoms with Gasteiger partial charge in [0.1, 0.15) is 5.75 Å². The number of benzene rings is 1. The molecule has 2 heterocycles. The number of halogens is 1. The number of nitrogens with one attached hydrogen (secondary N) is 2. The largest absolute Gasteiger partial charge is 0.496 e. The highest BCUT2D eigenvalue weighted by Crippen LogP contribution is 2.35. The van der Waals surface area contributed by atoms with E-state index in [0.717, 1.165) is 18.5 Å². The van der Waals surface area contributed by atoms with E-state index < -0.39 is 0 Å². The lowest BCUT2D eigenvalue weighted by Gasteiger charge is -2.14. The third-order valence-electron chi connectivity index (χ3n) is 4.49. The molecule has 1 saturated carbocycles. The number of H-pyrrole nitrogens is 1. The van der Waals surface area contributed by atoms with Crippen LogP contribution in [0.25, 0.3) is 5.69 Å². The SMILES string of the molecule is COc1cc(-n2cccc2)c(Cl)cc1C(=O)NCc1n[nH]c(=S)n1C1CC1. The summed E-state index contributed by atoms with van der Waals surface area (Å²) in [6.45, 7) is 0.266. The first-order valence-electron chi connectivity index (χ1n) is 8.53. The molecule has 1 aromatic carbocycles. The van der Waals surface area contributed by atoms with Crippen molar-refractivity contribution in [3.63, 3.8) is 0 Å². The molecule has 9 heteroatoms. The standard InChI is InChI=1S/C18H18ClN5O2S/c1-26-15-9-14(23-6-2-3-7-23)13(19)8-12(15)17(25)20-10-16-21-22-18(27)24(16)11-4-5-11/h2-3,6-9,11H,4-5,10H2,1H3,(H,20,25)(H,22,27). The molecule has 3 aromatic rings. The van der Waals surface area contributed by atoms with Crippen molar-refractivity contribution in [1.29, 1.82) is 0 Å². The molecule has 0 bridgehead atoms. The number of amides is 1. The maximum atomic E-state index is 12.7. The molecule has 7 nitrogen and oxygen atoms in total. The van der Waals surface area contributed by atoms with Crippen molar-refractivity contribution in [1.82, 2.24) is 24.6 Å². The zero-order valence-electron chi connectivity index (χ0n) is 14.6. The molecule has 0 unspecified atom stereocenters. The van der Waals surface area contributed by atoms with Crippen molar-refractivity contribution in [2.75, 3.05) is 7.11 Å². The Morgan fingerprint density at radius 1 is 1.41 bits per heavy atom. The second-order valence-electron chi connectivity index (χ2n) is 6.32. The molecule has 2 aromatic heterocycles. The Kier molecular flexibility index (Phi) is 4.75. The van der Waals surface area contributed by atoms with E-state index in [1.807, 2.05) is 33.7 Å². The van der Waals surface area contributed by atoms with Gasteiger partial charge in [-0.2, -0.15) is 5.10 Å². The van der Waals surface area contributed by atoms with E-state index in [-0.39, 0.29) is 12.5 Å². The Hall–Kier alpha value is -2.58. The zero-order chi connectivity index (χ0) is 19.0. The lowest BCUT2D eigenvalue weighted by Crippen LogP contribution is -2.25. The van der Waals surface area contributed by atoms with Gasteiger partial charge in [0, 0.05) is 24.5 Å². The molecule has 0 aliphatic heterocycles. The Morgan fingerprint density at radius 3 is 2.81 bits per heavy atom. The molecule has 0 radical (unpaired) electrons. The van der Waals surface area contributed by atoms with Gasteiger partial charge >= 0.3 is 0 Å². The maximum absolute atomic E-state index is 12.7. The summed E-state index contributed by atoms with van der Waals surface area (Å²) in [5, 5.41) is 10.3. The van der Waals surface area contributed by atoms with Gasteiger partial charge in [0.2, 0.25) is 0 Å². The quantitative estimate of drug-likeness (QED) is 0.616. The average molecular weight is 404 g/mol. The number of aromatic nitrogens is 4. The number of ether oxygens (including phenoxy) is 1. The summed E-state index contributed by atoms with van der Waals surface area (Å²) < 4.78 is 9.82. The van der Waals surface area contributed by atoms with Crippen LogP contribution in [0.2, 0.25) is 5.02 Å². The Morgan fingerprint density at radius 2 is 2.15 bits per heavy atom. The fourth-order valence-electron chi connectivity index (χ4n) is 3.01. The smallest absolute Gasteiger partial charge is 0.255 e. The molecule has 0 spiro atoms. The van der Waals surface area contributed by atoms with Gasteiger partial charge in [0.15, 0.2) is 10.6 Å². The van der Waals surface area contributed by atoms with Crippen molar-refractivity contribution in [3.8, 4) is 11.4 Å². The summed E-state index contributed by atoms with van der Waals surface area (Å²) in [6, 6.07) is 7.54. The Balaban J connectivity index is 1.57. The number of hydrogen-bond acceptors (Lipinski definition) is 4. The first kappa shape index (κ1) is 17.8.